The highest BCUT2D eigenvalue weighted by atomic mass is 79.9. The Morgan fingerprint density at radius 1 is 1.35 bits per heavy atom. The molecule has 0 bridgehead atoms. The molecule has 1 N–H and O–H groups in total. The van der Waals surface area contributed by atoms with E-state index in [1.165, 1.54) is 10.5 Å². The number of hydrogen-bond donors (Lipinski definition) is 1. The maximum Gasteiger partial charge on any atom is 0.0521 e. The fraction of sp³-hybridized carbons (Fsp3) is 0.400. The number of hydrogen-bond acceptors (Lipinski definition) is 3. The zero-order valence-corrected chi connectivity index (χ0v) is 14.2. The van der Waals surface area contributed by atoms with E-state index in [0.717, 1.165) is 23.1 Å². The van der Waals surface area contributed by atoms with Crippen LogP contribution in [-0.4, -0.2) is 28.6 Å². The second-order valence-corrected chi connectivity index (χ2v) is 6.82. The molecular formula is C15H20BrN3S. The van der Waals surface area contributed by atoms with Crippen LogP contribution >= 0.6 is 27.7 Å². The second-order valence-electron chi connectivity index (χ2n) is 4.81. The summed E-state index contributed by atoms with van der Waals surface area (Å²) in [6.45, 7) is 0. The zero-order chi connectivity index (χ0) is 14.4. The number of rotatable bonds is 7. The molecule has 20 heavy (non-hydrogen) atoms. The molecule has 1 atom stereocenters. The van der Waals surface area contributed by atoms with E-state index >= 15 is 0 Å². The van der Waals surface area contributed by atoms with Gasteiger partial charge in [0.15, 0.2) is 0 Å². The highest BCUT2D eigenvalue weighted by molar-refractivity contribution is 9.10. The lowest BCUT2D eigenvalue weighted by Gasteiger charge is -2.15. The highest BCUT2D eigenvalue weighted by Gasteiger charge is 2.08. The third-order valence-electron chi connectivity index (χ3n) is 3.21. The van der Waals surface area contributed by atoms with Crippen molar-refractivity contribution in [2.45, 2.75) is 23.8 Å². The van der Waals surface area contributed by atoms with E-state index in [2.05, 4.69) is 56.8 Å². The molecular weight excluding hydrogens is 334 g/mol. The van der Waals surface area contributed by atoms with Crippen molar-refractivity contribution in [3.05, 3.63) is 46.7 Å². The normalized spacial score (nSPS) is 12.6. The molecule has 0 saturated heterocycles. The van der Waals surface area contributed by atoms with Crippen LogP contribution in [0.15, 0.2) is 46.0 Å². The maximum absolute atomic E-state index is 4.21. The van der Waals surface area contributed by atoms with Crippen molar-refractivity contribution in [3.8, 4) is 0 Å². The highest BCUT2D eigenvalue weighted by Crippen LogP contribution is 2.22. The number of aromatic nitrogens is 2. The van der Waals surface area contributed by atoms with Crippen molar-refractivity contribution in [2.75, 3.05) is 12.8 Å². The Morgan fingerprint density at radius 3 is 2.70 bits per heavy atom. The summed E-state index contributed by atoms with van der Waals surface area (Å²) in [7, 11) is 4.00. The summed E-state index contributed by atoms with van der Waals surface area (Å²) < 4.78 is 2.99. The first-order valence-electron chi connectivity index (χ1n) is 6.70. The van der Waals surface area contributed by atoms with E-state index in [-0.39, 0.29) is 0 Å². The molecule has 108 valence electrons. The number of nitrogens with zero attached hydrogens (tertiary/aromatic N) is 2. The smallest absolute Gasteiger partial charge is 0.0521 e. The second kappa shape index (κ2) is 7.86. The molecule has 0 spiro atoms. The van der Waals surface area contributed by atoms with Crippen LogP contribution in [0.3, 0.4) is 0 Å². The van der Waals surface area contributed by atoms with Gasteiger partial charge in [0.25, 0.3) is 0 Å². The summed E-state index contributed by atoms with van der Waals surface area (Å²) in [6, 6.07) is 9.01. The van der Waals surface area contributed by atoms with Crippen LogP contribution in [0.25, 0.3) is 0 Å². The van der Waals surface area contributed by atoms with Gasteiger partial charge in [-0.2, -0.15) is 5.10 Å². The molecule has 2 aromatic rings. The van der Waals surface area contributed by atoms with Crippen molar-refractivity contribution in [3.63, 3.8) is 0 Å². The number of benzene rings is 1. The van der Waals surface area contributed by atoms with Gasteiger partial charge < -0.3 is 5.32 Å². The maximum atomic E-state index is 4.21. The minimum atomic E-state index is 0.517. The first-order chi connectivity index (χ1) is 9.67. The summed E-state index contributed by atoms with van der Waals surface area (Å²) in [5.41, 5.74) is 1.31. The van der Waals surface area contributed by atoms with Crippen LogP contribution in [0.2, 0.25) is 0 Å². The molecule has 1 aromatic heterocycles. The Balaban J connectivity index is 1.78. The van der Waals surface area contributed by atoms with Gasteiger partial charge >= 0.3 is 0 Å². The van der Waals surface area contributed by atoms with Gasteiger partial charge in [-0.25, -0.2) is 0 Å². The molecule has 0 saturated carbocycles. The molecule has 5 heteroatoms. The standard InChI is InChI=1S/C15H20BrN3S/c1-17-14(6-3-12-9-18-19(2)10-12)11-20-15-7-4-13(16)5-8-15/h4-5,7-10,14,17H,3,6,11H2,1-2H3. The molecule has 1 aromatic carbocycles. The number of halogens is 1. The molecule has 0 fully saturated rings. The first kappa shape index (κ1) is 15.6. The number of nitrogens with one attached hydrogen (secondary N) is 1. The molecule has 1 heterocycles. The minimum absolute atomic E-state index is 0.517. The van der Waals surface area contributed by atoms with E-state index < -0.39 is 0 Å². The molecule has 0 aliphatic rings. The van der Waals surface area contributed by atoms with Gasteiger partial charge in [-0.3, -0.25) is 4.68 Å². The molecule has 0 aliphatic carbocycles. The molecule has 0 amide bonds. The van der Waals surface area contributed by atoms with Crippen LogP contribution in [0.4, 0.5) is 0 Å². The lowest BCUT2D eigenvalue weighted by atomic mass is 10.1. The van der Waals surface area contributed by atoms with E-state index in [9.17, 15) is 0 Å². The van der Waals surface area contributed by atoms with Crippen molar-refractivity contribution in [2.24, 2.45) is 7.05 Å². The Bertz CT molecular complexity index is 524. The Morgan fingerprint density at radius 2 is 2.10 bits per heavy atom. The fourth-order valence-electron chi connectivity index (χ4n) is 1.98. The van der Waals surface area contributed by atoms with E-state index in [1.807, 2.05) is 36.7 Å². The van der Waals surface area contributed by atoms with Crippen LogP contribution in [-0.2, 0) is 13.5 Å². The van der Waals surface area contributed by atoms with Gasteiger partial charge in [0.05, 0.1) is 6.20 Å². The Labute approximate surface area is 133 Å². The van der Waals surface area contributed by atoms with E-state index in [4.69, 9.17) is 0 Å². The molecule has 0 radical (unpaired) electrons. The van der Waals surface area contributed by atoms with Gasteiger partial charge in [0.1, 0.15) is 0 Å². The Hall–Kier alpha value is -0.780. The SMILES string of the molecule is CNC(CCc1cnn(C)c1)CSc1ccc(Br)cc1. The van der Waals surface area contributed by atoms with Gasteiger partial charge in [0.2, 0.25) is 0 Å². The summed E-state index contributed by atoms with van der Waals surface area (Å²) in [6.07, 6.45) is 6.25. The molecule has 2 rings (SSSR count). The average Bonchev–Trinajstić information content (AvgIpc) is 2.87. The van der Waals surface area contributed by atoms with Crippen molar-refractivity contribution < 1.29 is 0 Å². The summed E-state index contributed by atoms with van der Waals surface area (Å²) >= 11 is 5.36. The van der Waals surface area contributed by atoms with Crippen LogP contribution < -0.4 is 5.32 Å². The predicted octanol–water partition coefficient (Wildman–Crippen LogP) is 3.50. The largest absolute Gasteiger partial charge is 0.316 e. The predicted molar refractivity (Wildman–Crippen MR) is 89.2 cm³/mol. The third kappa shape index (κ3) is 4.96. The lowest BCUT2D eigenvalue weighted by Crippen LogP contribution is -2.28. The average molecular weight is 354 g/mol. The first-order valence-corrected chi connectivity index (χ1v) is 8.48. The number of thioether (sulfide) groups is 1. The van der Waals surface area contributed by atoms with Crippen molar-refractivity contribution in [1.82, 2.24) is 15.1 Å². The molecule has 1 unspecified atom stereocenters. The Kier molecular flexibility index (Phi) is 6.13. The van der Waals surface area contributed by atoms with Crippen LogP contribution in [0, 0.1) is 0 Å². The van der Waals surface area contributed by atoms with Gasteiger partial charge in [-0.05, 0) is 49.7 Å². The fourth-order valence-corrected chi connectivity index (χ4v) is 3.30. The lowest BCUT2D eigenvalue weighted by molar-refractivity contribution is 0.572. The van der Waals surface area contributed by atoms with Crippen molar-refractivity contribution in [1.29, 1.82) is 0 Å². The summed E-state index contributed by atoms with van der Waals surface area (Å²) in [4.78, 5) is 1.31. The van der Waals surface area contributed by atoms with Gasteiger partial charge in [0, 0.05) is 34.4 Å². The van der Waals surface area contributed by atoms with Gasteiger partial charge in [-0.15, -0.1) is 11.8 Å². The third-order valence-corrected chi connectivity index (χ3v) is 4.92. The van der Waals surface area contributed by atoms with Crippen molar-refractivity contribution >= 4 is 27.7 Å². The summed E-state index contributed by atoms with van der Waals surface area (Å²) in [5, 5.41) is 7.61. The quantitative estimate of drug-likeness (QED) is 0.772. The molecule has 3 nitrogen and oxygen atoms in total. The number of aryl methyl sites for hydroxylation is 2. The van der Waals surface area contributed by atoms with Gasteiger partial charge in [-0.1, -0.05) is 15.9 Å². The monoisotopic (exact) mass is 353 g/mol. The topological polar surface area (TPSA) is 29.9 Å². The van der Waals surface area contributed by atoms with E-state index in [0.29, 0.717) is 6.04 Å². The minimum Gasteiger partial charge on any atom is -0.316 e. The zero-order valence-electron chi connectivity index (χ0n) is 11.8. The van der Waals surface area contributed by atoms with Crippen LogP contribution in [0.5, 0.6) is 0 Å². The van der Waals surface area contributed by atoms with E-state index in [1.54, 1.807) is 0 Å². The summed E-state index contributed by atoms with van der Waals surface area (Å²) in [5.74, 6) is 1.08. The van der Waals surface area contributed by atoms with Crippen LogP contribution in [0.1, 0.15) is 12.0 Å². The molecule has 0 aliphatic heterocycles.